The van der Waals surface area contributed by atoms with Gasteiger partial charge in [-0.2, -0.15) is 0 Å². The largest absolute Gasteiger partial charge is 0.493 e. The molecule has 1 aromatic heterocycles. The molecule has 0 aliphatic rings. The van der Waals surface area contributed by atoms with E-state index in [0.717, 1.165) is 40.3 Å². The highest BCUT2D eigenvalue weighted by atomic mass is 79.9. The minimum atomic E-state index is 0.604. The molecule has 0 aliphatic carbocycles. The van der Waals surface area contributed by atoms with E-state index in [1.165, 1.54) is 0 Å². The van der Waals surface area contributed by atoms with Gasteiger partial charge >= 0.3 is 0 Å². The average Bonchev–Trinajstić information content (AvgIpc) is 2.49. The lowest BCUT2D eigenvalue weighted by Crippen LogP contribution is -2.07. The van der Waals surface area contributed by atoms with Crippen molar-refractivity contribution in [2.45, 2.75) is 6.42 Å². The highest BCUT2D eigenvalue weighted by Gasteiger charge is 2.05. The topological polar surface area (TPSA) is 43.4 Å². The molecule has 0 fully saturated rings. The maximum atomic E-state index is 5.86. The number of rotatable bonds is 6. The summed E-state index contributed by atoms with van der Waals surface area (Å²) in [6.07, 6.45) is 2.46. The molecule has 2 rings (SSSR count). The molecule has 0 atom stereocenters. The van der Waals surface area contributed by atoms with Crippen molar-refractivity contribution in [2.24, 2.45) is 0 Å². The summed E-state index contributed by atoms with van der Waals surface area (Å²) in [6, 6.07) is 7.72. The lowest BCUT2D eigenvalue weighted by Gasteiger charge is -2.11. The van der Waals surface area contributed by atoms with Crippen LogP contribution < -0.4 is 14.8 Å². The third-order valence-electron chi connectivity index (χ3n) is 2.96. The Labute approximate surface area is 137 Å². The summed E-state index contributed by atoms with van der Waals surface area (Å²) >= 11 is 9.29. The number of nitrogens with one attached hydrogen (secondary N) is 1. The first-order chi connectivity index (χ1) is 10.1. The fourth-order valence-corrected chi connectivity index (χ4v) is 2.68. The standard InChI is InChI=1S/C15H16BrClN2O2/c1-20-13-4-3-10(7-14(13)21-2)5-6-18-15-12(16)8-11(17)9-19-15/h3-4,7-9H,5-6H2,1-2H3,(H,18,19). The molecule has 1 N–H and O–H groups in total. The molecule has 0 saturated carbocycles. The van der Waals surface area contributed by atoms with Crippen molar-refractivity contribution in [3.05, 3.63) is 45.5 Å². The molecule has 21 heavy (non-hydrogen) atoms. The Balaban J connectivity index is 1.97. The molecule has 0 spiro atoms. The quantitative estimate of drug-likeness (QED) is 0.827. The van der Waals surface area contributed by atoms with Crippen LogP contribution in [-0.4, -0.2) is 25.7 Å². The monoisotopic (exact) mass is 370 g/mol. The summed E-state index contributed by atoms with van der Waals surface area (Å²) in [4.78, 5) is 4.24. The van der Waals surface area contributed by atoms with Crippen LogP contribution in [0.15, 0.2) is 34.9 Å². The van der Waals surface area contributed by atoms with Crippen molar-refractivity contribution >= 4 is 33.3 Å². The molecular weight excluding hydrogens is 356 g/mol. The average molecular weight is 372 g/mol. The van der Waals surface area contributed by atoms with Crippen LogP contribution in [0.25, 0.3) is 0 Å². The van der Waals surface area contributed by atoms with E-state index in [-0.39, 0.29) is 0 Å². The summed E-state index contributed by atoms with van der Waals surface area (Å²) in [5.41, 5.74) is 1.16. The van der Waals surface area contributed by atoms with Gasteiger partial charge in [-0.25, -0.2) is 4.98 Å². The SMILES string of the molecule is COc1ccc(CCNc2ncc(Cl)cc2Br)cc1OC. The molecule has 0 saturated heterocycles. The fourth-order valence-electron chi connectivity index (χ4n) is 1.91. The summed E-state index contributed by atoms with van der Waals surface area (Å²) < 4.78 is 11.4. The van der Waals surface area contributed by atoms with Gasteiger partial charge in [0.15, 0.2) is 11.5 Å². The summed E-state index contributed by atoms with van der Waals surface area (Å²) in [7, 11) is 3.26. The van der Waals surface area contributed by atoms with E-state index in [4.69, 9.17) is 21.1 Å². The lowest BCUT2D eigenvalue weighted by molar-refractivity contribution is 0.354. The molecule has 0 bridgehead atoms. The van der Waals surface area contributed by atoms with E-state index in [1.807, 2.05) is 24.3 Å². The maximum absolute atomic E-state index is 5.86. The van der Waals surface area contributed by atoms with Gasteiger partial charge in [0, 0.05) is 12.7 Å². The molecule has 1 heterocycles. The second-order valence-corrected chi connectivity index (χ2v) is 5.64. The fraction of sp³-hybridized carbons (Fsp3) is 0.267. The van der Waals surface area contributed by atoms with E-state index < -0.39 is 0 Å². The number of nitrogens with zero attached hydrogens (tertiary/aromatic N) is 1. The van der Waals surface area contributed by atoms with Gasteiger partial charge in [0.1, 0.15) is 5.82 Å². The molecule has 4 nitrogen and oxygen atoms in total. The number of aromatic nitrogens is 1. The van der Waals surface area contributed by atoms with Crippen molar-refractivity contribution in [3.8, 4) is 11.5 Å². The number of pyridine rings is 1. The number of hydrogen-bond donors (Lipinski definition) is 1. The van der Waals surface area contributed by atoms with Crippen LogP contribution in [0.2, 0.25) is 5.02 Å². The normalized spacial score (nSPS) is 10.3. The van der Waals surface area contributed by atoms with Crippen LogP contribution in [0.4, 0.5) is 5.82 Å². The first-order valence-corrected chi connectivity index (χ1v) is 7.57. The van der Waals surface area contributed by atoms with Crippen LogP contribution in [0.1, 0.15) is 5.56 Å². The van der Waals surface area contributed by atoms with E-state index in [9.17, 15) is 0 Å². The number of anilines is 1. The van der Waals surface area contributed by atoms with E-state index in [0.29, 0.717) is 5.02 Å². The first-order valence-electron chi connectivity index (χ1n) is 6.40. The van der Waals surface area contributed by atoms with Crippen molar-refractivity contribution in [2.75, 3.05) is 26.1 Å². The van der Waals surface area contributed by atoms with Gasteiger partial charge in [0.2, 0.25) is 0 Å². The van der Waals surface area contributed by atoms with Crippen molar-refractivity contribution in [1.29, 1.82) is 0 Å². The van der Waals surface area contributed by atoms with Crippen molar-refractivity contribution in [1.82, 2.24) is 4.98 Å². The highest BCUT2D eigenvalue weighted by molar-refractivity contribution is 9.10. The number of methoxy groups -OCH3 is 2. The second-order valence-electron chi connectivity index (χ2n) is 4.35. The highest BCUT2D eigenvalue weighted by Crippen LogP contribution is 2.28. The smallest absolute Gasteiger partial charge is 0.160 e. The Bertz CT molecular complexity index is 623. The van der Waals surface area contributed by atoms with Crippen molar-refractivity contribution < 1.29 is 9.47 Å². The molecule has 0 amide bonds. The van der Waals surface area contributed by atoms with E-state index in [2.05, 4.69) is 26.2 Å². The third-order valence-corrected chi connectivity index (χ3v) is 3.77. The van der Waals surface area contributed by atoms with Gasteiger partial charge in [0.25, 0.3) is 0 Å². The van der Waals surface area contributed by atoms with Crippen molar-refractivity contribution in [3.63, 3.8) is 0 Å². The molecule has 0 radical (unpaired) electrons. The van der Waals surface area contributed by atoms with Gasteiger partial charge in [-0.1, -0.05) is 17.7 Å². The minimum Gasteiger partial charge on any atom is -0.493 e. The number of halogens is 2. The Morgan fingerprint density at radius 1 is 1.19 bits per heavy atom. The van der Waals surface area contributed by atoms with E-state index >= 15 is 0 Å². The number of hydrogen-bond acceptors (Lipinski definition) is 4. The zero-order valence-electron chi connectivity index (χ0n) is 11.8. The maximum Gasteiger partial charge on any atom is 0.160 e. The second kappa shape index (κ2) is 7.52. The van der Waals surface area contributed by atoms with Crippen LogP contribution >= 0.6 is 27.5 Å². The van der Waals surface area contributed by atoms with Gasteiger partial charge in [-0.15, -0.1) is 0 Å². The predicted octanol–water partition coefficient (Wildman–Crippen LogP) is 4.17. The molecular formula is C15H16BrClN2O2. The van der Waals surface area contributed by atoms with Crippen LogP contribution in [-0.2, 0) is 6.42 Å². The molecule has 1 aromatic carbocycles. The van der Waals surface area contributed by atoms with E-state index in [1.54, 1.807) is 20.4 Å². The number of ether oxygens (including phenoxy) is 2. The van der Waals surface area contributed by atoms with Gasteiger partial charge in [-0.05, 0) is 46.1 Å². The van der Waals surface area contributed by atoms with Crippen LogP contribution in [0.3, 0.4) is 0 Å². The van der Waals surface area contributed by atoms with Gasteiger partial charge < -0.3 is 14.8 Å². The Morgan fingerprint density at radius 2 is 1.95 bits per heavy atom. The van der Waals surface area contributed by atoms with Crippen LogP contribution in [0, 0.1) is 0 Å². The summed E-state index contributed by atoms with van der Waals surface area (Å²) in [6.45, 7) is 0.753. The van der Waals surface area contributed by atoms with Gasteiger partial charge in [0.05, 0.1) is 23.7 Å². The molecule has 0 unspecified atom stereocenters. The van der Waals surface area contributed by atoms with Gasteiger partial charge in [-0.3, -0.25) is 0 Å². The lowest BCUT2D eigenvalue weighted by atomic mass is 10.1. The summed E-state index contributed by atoms with van der Waals surface area (Å²) in [5, 5.41) is 3.87. The molecule has 0 aliphatic heterocycles. The Hall–Kier alpha value is -1.46. The first kappa shape index (κ1) is 15.9. The number of benzene rings is 1. The zero-order valence-corrected chi connectivity index (χ0v) is 14.2. The molecule has 2 aromatic rings. The third kappa shape index (κ3) is 4.25. The Kier molecular flexibility index (Phi) is 5.70. The minimum absolute atomic E-state index is 0.604. The molecule has 112 valence electrons. The predicted molar refractivity (Wildman–Crippen MR) is 88.7 cm³/mol. The molecule has 6 heteroatoms. The Morgan fingerprint density at radius 3 is 2.62 bits per heavy atom. The van der Waals surface area contributed by atoms with Crippen LogP contribution in [0.5, 0.6) is 11.5 Å². The zero-order chi connectivity index (χ0) is 15.2. The summed E-state index contributed by atoms with van der Waals surface area (Å²) in [5.74, 6) is 2.25.